The van der Waals surface area contributed by atoms with E-state index in [1.807, 2.05) is 36.4 Å². The SMILES string of the molecule is O=C(Nc1cnn(Cc2cccc(Cl)c2)c1)c1ccc(COc2ccccc2Cl)o1. The third kappa shape index (κ3) is 5.03. The predicted octanol–water partition coefficient (Wildman–Crippen LogP) is 5.66. The van der Waals surface area contributed by atoms with Crippen LogP contribution in [0.5, 0.6) is 5.75 Å². The van der Waals surface area contributed by atoms with Crippen LogP contribution in [0.15, 0.2) is 77.5 Å². The average molecular weight is 442 g/mol. The number of carbonyl (C=O) groups is 1. The Morgan fingerprint density at radius 1 is 1.10 bits per heavy atom. The molecule has 0 spiro atoms. The molecular formula is C22H17Cl2N3O3. The predicted molar refractivity (Wildman–Crippen MR) is 115 cm³/mol. The second kappa shape index (κ2) is 9.07. The fraction of sp³-hybridized carbons (Fsp3) is 0.0909. The van der Waals surface area contributed by atoms with Crippen LogP contribution in [-0.4, -0.2) is 15.7 Å². The standard InChI is InChI=1S/C22H17Cl2N3O3/c23-16-5-3-4-15(10-16)12-27-13-17(11-25-27)26-22(28)21-9-8-18(30-21)14-29-20-7-2-1-6-19(20)24/h1-11,13H,12,14H2,(H,26,28). The first-order chi connectivity index (χ1) is 14.6. The monoisotopic (exact) mass is 441 g/mol. The number of halogens is 2. The van der Waals surface area contributed by atoms with Crippen molar-refractivity contribution in [1.82, 2.24) is 9.78 Å². The van der Waals surface area contributed by atoms with Crippen molar-refractivity contribution in [3.8, 4) is 5.75 Å². The number of aromatic nitrogens is 2. The lowest BCUT2D eigenvalue weighted by molar-refractivity contribution is 0.0992. The molecular weight excluding hydrogens is 425 g/mol. The molecule has 0 bridgehead atoms. The van der Waals surface area contributed by atoms with E-state index in [-0.39, 0.29) is 18.3 Å². The highest BCUT2D eigenvalue weighted by Crippen LogP contribution is 2.24. The second-order valence-corrected chi connectivity index (χ2v) is 7.34. The highest BCUT2D eigenvalue weighted by molar-refractivity contribution is 6.32. The Balaban J connectivity index is 1.34. The zero-order chi connectivity index (χ0) is 20.9. The number of carbonyl (C=O) groups excluding carboxylic acids is 1. The Kier molecular flexibility index (Phi) is 6.07. The van der Waals surface area contributed by atoms with E-state index in [9.17, 15) is 4.79 Å². The average Bonchev–Trinajstić information content (AvgIpc) is 3.37. The minimum Gasteiger partial charge on any atom is -0.484 e. The molecule has 0 unspecified atom stereocenters. The van der Waals surface area contributed by atoms with E-state index in [2.05, 4.69) is 10.4 Å². The summed E-state index contributed by atoms with van der Waals surface area (Å²) in [5.41, 5.74) is 1.57. The molecule has 0 atom stereocenters. The number of rotatable bonds is 7. The Morgan fingerprint density at radius 2 is 1.97 bits per heavy atom. The lowest BCUT2D eigenvalue weighted by atomic mass is 10.2. The van der Waals surface area contributed by atoms with Crippen molar-refractivity contribution >= 4 is 34.8 Å². The molecule has 0 aliphatic carbocycles. The van der Waals surface area contributed by atoms with Crippen LogP contribution in [0, 0.1) is 0 Å². The zero-order valence-electron chi connectivity index (χ0n) is 15.7. The maximum absolute atomic E-state index is 12.4. The number of nitrogens with zero attached hydrogens (tertiary/aromatic N) is 2. The number of hydrogen-bond acceptors (Lipinski definition) is 4. The number of ether oxygens (including phenoxy) is 1. The number of para-hydroxylation sites is 1. The topological polar surface area (TPSA) is 69.3 Å². The zero-order valence-corrected chi connectivity index (χ0v) is 17.2. The number of anilines is 1. The summed E-state index contributed by atoms with van der Waals surface area (Å²) in [6.07, 6.45) is 3.32. The molecule has 1 amide bonds. The summed E-state index contributed by atoms with van der Waals surface area (Å²) < 4.78 is 12.9. The van der Waals surface area contributed by atoms with Gasteiger partial charge in [-0.05, 0) is 42.0 Å². The van der Waals surface area contributed by atoms with Gasteiger partial charge in [-0.2, -0.15) is 5.10 Å². The van der Waals surface area contributed by atoms with Gasteiger partial charge >= 0.3 is 0 Å². The molecule has 2 heterocycles. The van der Waals surface area contributed by atoms with Crippen LogP contribution in [0.2, 0.25) is 10.0 Å². The van der Waals surface area contributed by atoms with E-state index in [0.717, 1.165) is 5.56 Å². The van der Waals surface area contributed by atoms with Crippen molar-refractivity contribution < 1.29 is 13.9 Å². The van der Waals surface area contributed by atoms with E-state index in [0.29, 0.717) is 33.8 Å². The van der Waals surface area contributed by atoms with Crippen molar-refractivity contribution in [2.75, 3.05) is 5.32 Å². The van der Waals surface area contributed by atoms with Crippen LogP contribution in [0.1, 0.15) is 21.9 Å². The van der Waals surface area contributed by atoms with Gasteiger partial charge in [0.2, 0.25) is 0 Å². The van der Waals surface area contributed by atoms with Crippen molar-refractivity contribution in [2.45, 2.75) is 13.2 Å². The number of nitrogens with one attached hydrogen (secondary N) is 1. The van der Waals surface area contributed by atoms with E-state index in [1.165, 1.54) is 0 Å². The number of furan rings is 1. The highest BCUT2D eigenvalue weighted by atomic mass is 35.5. The Morgan fingerprint density at radius 3 is 2.80 bits per heavy atom. The van der Waals surface area contributed by atoms with Gasteiger partial charge in [-0.15, -0.1) is 0 Å². The van der Waals surface area contributed by atoms with Gasteiger partial charge in [0.05, 0.1) is 23.5 Å². The summed E-state index contributed by atoms with van der Waals surface area (Å²) in [5.74, 6) is 0.863. The minimum absolute atomic E-state index is 0.161. The van der Waals surface area contributed by atoms with Gasteiger partial charge in [0.15, 0.2) is 5.76 Å². The van der Waals surface area contributed by atoms with Crippen LogP contribution >= 0.6 is 23.2 Å². The largest absolute Gasteiger partial charge is 0.484 e. The van der Waals surface area contributed by atoms with Gasteiger partial charge in [-0.25, -0.2) is 0 Å². The molecule has 0 aliphatic heterocycles. The fourth-order valence-corrected chi connectivity index (χ4v) is 3.22. The van der Waals surface area contributed by atoms with E-state index in [1.54, 1.807) is 41.3 Å². The number of hydrogen-bond donors (Lipinski definition) is 1. The molecule has 4 rings (SSSR count). The maximum atomic E-state index is 12.4. The van der Waals surface area contributed by atoms with Gasteiger partial charge in [0, 0.05) is 11.2 Å². The van der Waals surface area contributed by atoms with Crippen molar-refractivity contribution in [3.05, 3.63) is 100 Å². The van der Waals surface area contributed by atoms with Gasteiger partial charge in [-0.1, -0.05) is 47.5 Å². The summed E-state index contributed by atoms with van der Waals surface area (Å²) >= 11 is 12.1. The second-order valence-electron chi connectivity index (χ2n) is 6.50. The molecule has 0 fully saturated rings. The third-order valence-corrected chi connectivity index (χ3v) is 4.76. The molecule has 0 saturated heterocycles. The molecule has 0 radical (unpaired) electrons. The third-order valence-electron chi connectivity index (χ3n) is 4.22. The quantitative estimate of drug-likeness (QED) is 0.401. The van der Waals surface area contributed by atoms with Gasteiger partial charge in [0.1, 0.15) is 18.1 Å². The molecule has 4 aromatic rings. The smallest absolute Gasteiger partial charge is 0.291 e. The minimum atomic E-state index is -0.374. The van der Waals surface area contributed by atoms with Crippen molar-refractivity contribution in [2.24, 2.45) is 0 Å². The highest BCUT2D eigenvalue weighted by Gasteiger charge is 2.13. The molecule has 152 valence electrons. The maximum Gasteiger partial charge on any atom is 0.291 e. The molecule has 0 saturated carbocycles. The van der Waals surface area contributed by atoms with Crippen molar-refractivity contribution in [3.63, 3.8) is 0 Å². The lowest BCUT2D eigenvalue weighted by Crippen LogP contribution is -2.10. The molecule has 2 aromatic heterocycles. The van der Waals surface area contributed by atoms with Crippen molar-refractivity contribution in [1.29, 1.82) is 0 Å². The van der Waals surface area contributed by atoms with Crippen LogP contribution in [0.3, 0.4) is 0 Å². The summed E-state index contributed by atoms with van der Waals surface area (Å²) in [6, 6.07) is 18.0. The Bertz CT molecular complexity index is 1170. The summed E-state index contributed by atoms with van der Waals surface area (Å²) in [4.78, 5) is 12.4. The van der Waals surface area contributed by atoms with Crippen LogP contribution < -0.4 is 10.1 Å². The van der Waals surface area contributed by atoms with Gasteiger partial charge in [0.25, 0.3) is 5.91 Å². The summed E-state index contributed by atoms with van der Waals surface area (Å²) in [6.45, 7) is 0.704. The Labute approximate surface area is 183 Å². The van der Waals surface area contributed by atoms with E-state index < -0.39 is 0 Å². The van der Waals surface area contributed by atoms with Gasteiger partial charge < -0.3 is 14.5 Å². The summed E-state index contributed by atoms with van der Waals surface area (Å²) in [5, 5.41) is 8.21. The molecule has 6 nitrogen and oxygen atoms in total. The molecule has 2 aromatic carbocycles. The molecule has 30 heavy (non-hydrogen) atoms. The lowest BCUT2D eigenvalue weighted by Gasteiger charge is -2.05. The fourth-order valence-electron chi connectivity index (χ4n) is 2.82. The van der Waals surface area contributed by atoms with Crippen LogP contribution in [-0.2, 0) is 13.2 Å². The van der Waals surface area contributed by atoms with E-state index in [4.69, 9.17) is 32.4 Å². The normalized spacial score (nSPS) is 10.7. The van der Waals surface area contributed by atoms with Crippen LogP contribution in [0.25, 0.3) is 0 Å². The van der Waals surface area contributed by atoms with E-state index >= 15 is 0 Å². The van der Waals surface area contributed by atoms with Gasteiger partial charge in [-0.3, -0.25) is 9.48 Å². The molecule has 8 heteroatoms. The number of amides is 1. The first-order valence-corrected chi connectivity index (χ1v) is 9.87. The molecule has 0 aliphatic rings. The number of benzene rings is 2. The van der Waals surface area contributed by atoms with Crippen LogP contribution in [0.4, 0.5) is 5.69 Å². The molecule has 1 N–H and O–H groups in total. The Hall–Kier alpha value is -3.22. The first kappa shape index (κ1) is 20.1. The summed E-state index contributed by atoms with van der Waals surface area (Å²) in [7, 11) is 0. The first-order valence-electron chi connectivity index (χ1n) is 9.11.